The second-order valence-electron chi connectivity index (χ2n) is 3.58. The van der Waals surface area contributed by atoms with E-state index in [2.05, 4.69) is 21.2 Å². The van der Waals surface area contributed by atoms with Crippen molar-refractivity contribution < 1.29 is 9.21 Å². The van der Waals surface area contributed by atoms with Crippen LogP contribution in [0.1, 0.15) is 5.76 Å². The molecule has 2 aromatic rings. The minimum atomic E-state index is -0.239. The van der Waals surface area contributed by atoms with Crippen LogP contribution in [0.15, 0.2) is 51.6 Å². The van der Waals surface area contributed by atoms with E-state index < -0.39 is 0 Å². The van der Waals surface area contributed by atoms with Crippen LogP contribution in [0.25, 0.3) is 6.08 Å². The number of rotatable bonds is 3. The third-order valence-corrected chi connectivity index (χ3v) is 2.85. The van der Waals surface area contributed by atoms with Crippen molar-refractivity contribution >= 4 is 39.3 Å². The Morgan fingerprint density at radius 3 is 2.89 bits per heavy atom. The van der Waals surface area contributed by atoms with E-state index in [1.165, 1.54) is 6.08 Å². The number of halogens is 1. The molecule has 0 saturated carbocycles. The van der Waals surface area contributed by atoms with Gasteiger partial charge in [0.2, 0.25) is 5.91 Å². The van der Waals surface area contributed by atoms with Gasteiger partial charge >= 0.3 is 0 Å². The van der Waals surface area contributed by atoms with Gasteiger partial charge in [0, 0.05) is 16.2 Å². The first-order chi connectivity index (χ1) is 8.65. The molecule has 3 N–H and O–H groups in total. The summed E-state index contributed by atoms with van der Waals surface area (Å²) in [6.07, 6.45) is 4.55. The van der Waals surface area contributed by atoms with E-state index >= 15 is 0 Å². The van der Waals surface area contributed by atoms with Crippen molar-refractivity contribution in [2.75, 3.05) is 11.1 Å². The molecule has 0 aliphatic heterocycles. The number of hydrogen-bond acceptors (Lipinski definition) is 3. The van der Waals surface area contributed by atoms with Gasteiger partial charge in [-0.15, -0.1) is 0 Å². The van der Waals surface area contributed by atoms with Crippen LogP contribution in [-0.2, 0) is 4.79 Å². The molecular formula is C13H11BrN2O2. The molecule has 1 aromatic carbocycles. The predicted octanol–water partition coefficient (Wildman–Crippen LogP) is 3.28. The molecule has 0 atom stereocenters. The average molecular weight is 307 g/mol. The first kappa shape index (κ1) is 12.4. The first-order valence-corrected chi connectivity index (χ1v) is 6.02. The number of nitrogens with two attached hydrogens (primary N) is 1. The molecule has 0 saturated heterocycles. The summed E-state index contributed by atoms with van der Waals surface area (Å²) in [6.45, 7) is 0. The number of nitrogen functional groups attached to an aromatic ring is 1. The molecule has 1 heterocycles. The van der Waals surface area contributed by atoms with E-state index in [0.29, 0.717) is 17.1 Å². The highest BCUT2D eigenvalue weighted by Crippen LogP contribution is 2.24. The number of nitrogens with one attached hydrogen (secondary N) is 1. The quantitative estimate of drug-likeness (QED) is 0.675. The van der Waals surface area contributed by atoms with Crippen LogP contribution in [0, 0.1) is 0 Å². The first-order valence-electron chi connectivity index (χ1n) is 5.23. The van der Waals surface area contributed by atoms with Gasteiger partial charge in [-0.2, -0.15) is 0 Å². The maximum atomic E-state index is 11.7. The van der Waals surface area contributed by atoms with E-state index in [4.69, 9.17) is 10.2 Å². The molecule has 0 bridgehead atoms. The lowest BCUT2D eigenvalue weighted by molar-refractivity contribution is -0.111. The van der Waals surface area contributed by atoms with Gasteiger partial charge in [0.25, 0.3) is 0 Å². The van der Waals surface area contributed by atoms with Crippen molar-refractivity contribution in [1.29, 1.82) is 0 Å². The van der Waals surface area contributed by atoms with E-state index in [9.17, 15) is 4.79 Å². The van der Waals surface area contributed by atoms with E-state index in [0.717, 1.165) is 4.47 Å². The fourth-order valence-corrected chi connectivity index (χ4v) is 1.85. The molecule has 0 unspecified atom stereocenters. The van der Waals surface area contributed by atoms with Gasteiger partial charge in [-0.05, 0) is 52.3 Å². The highest BCUT2D eigenvalue weighted by molar-refractivity contribution is 9.10. The van der Waals surface area contributed by atoms with Crippen LogP contribution in [-0.4, -0.2) is 5.91 Å². The van der Waals surface area contributed by atoms with Crippen molar-refractivity contribution in [2.45, 2.75) is 0 Å². The molecule has 0 fully saturated rings. The summed E-state index contributed by atoms with van der Waals surface area (Å²) in [5.41, 5.74) is 6.91. The highest BCUT2D eigenvalue weighted by Gasteiger charge is 2.03. The Labute approximate surface area is 113 Å². The fraction of sp³-hybridized carbons (Fsp3) is 0. The molecule has 1 aromatic heterocycles. The number of amides is 1. The largest absolute Gasteiger partial charge is 0.465 e. The SMILES string of the molecule is Nc1ccc(NC(=O)/C=C/c2ccco2)c(Br)c1. The second kappa shape index (κ2) is 5.55. The Bertz CT molecular complexity index is 577. The van der Waals surface area contributed by atoms with Crippen LogP contribution in [0.2, 0.25) is 0 Å². The molecule has 4 nitrogen and oxygen atoms in total. The Morgan fingerprint density at radius 2 is 2.22 bits per heavy atom. The van der Waals surface area contributed by atoms with Crippen molar-refractivity contribution in [3.63, 3.8) is 0 Å². The molecule has 5 heteroatoms. The van der Waals surface area contributed by atoms with Gasteiger partial charge in [-0.1, -0.05) is 0 Å². The molecule has 0 spiro atoms. The van der Waals surface area contributed by atoms with Crippen LogP contribution in [0.3, 0.4) is 0 Å². The van der Waals surface area contributed by atoms with E-state index in [-0.39, 0.29) is 5.91 Å². The lowest BCUT2D eigenvalue weighted by Crippen LogP contribution is -2.08. The second-order valence-corrected chi connectivity index (χ2v) is 4.43. The Balaban J connectivity index is 2.03. The summed E-state index contributed by atoms with van der Waals surface area (Å²) in [5, 5.41) is 2.73. The van der Waals surface area contributed by atoms with Crippen LogP contribution < -0.4 is 11.1 Å². The number of hydrogen-bond donors (Lipinski definition) is 2. The lowest BCUT2D eigenvalue weighted by atomic mass is 10.3. The molecule has 2 rings (SSSR count). The number of carbonyl (C=O) groups is 1. The third kappa shape index (κ3) is 3.24. The summed E-state index contributed by atoms with van der Waals surface area (Å²) in [4.78, 5) is 11.7. The molecule has 92 valence electrons. The zero-order chi connectivity index (χ0) is 13.0. The van der Waals surface area contributed by atoms with Crippen LogP contribution in [0.5, 0.6) is 0 Å². The van der Waals surface area contributed by atoms with Gasteiger partial charge in [-0.25, -0.2) is 0 Å². The maximum Gasteiger partial charge on any atom is 0.248 e. The van der Waals surface area contributed by atoms with Gasteiger partial charge in [0.1, 0.15) is 5.76 Å². The van der Waals surface area contributed by atoms with Gasteiger partial charge in [0.05, 0.1) is 12.0 Å². The molecule has 1 amide bonds. The van der Waals surface area contributed by atoms with E-state index in [1.54, 1.807) is 42.7 Å². The number of benzene rings is 1. The van der Waals surface area contributed by atoms with Gasteiger partial charge < -0.3 is 15.5 Å². The average Bonchev–Trinajstić information content (AvgIpc) is 2.83. The Kier molecular flexibility index (Phi) is 3.84. The molecule has 0 radical (unpaired) electrons. The molecule has 18 heavy (non-hydrogen) atoms. The summed E-state index contributed by atoms with van der Waals surface area (Å²) < 4.78 is 5.82. The number of carbonyl (C=O) groups excluding carboxylic acids is 1. The van der Waals surface area contributed by atoms with Gasteiger partial charge in [0.15, 0.2) is 0 Å². The molecule has 0 aliphatic rings. The monoisotopic (exact) mass is 306 g/mol. The minimum absolute atomic E-state index is 0.239. The molecule has 0 aliphatic carbocycles. The Hall–Kier alpha value is -2.01. The minimum Gasteiger partial charge on any atom is -0.465 e. The van der Waals surface area contributed by atoms with Crippen molar-refractivity contribution in [3.8, 4) is 0 Å². The summed E-state index contributed by atoms with van der Waals surface area (Å²) >= 11 is 3.33. The van der Waals surface area contributed by atoms with Crippen molar-refractivity contribution in [3.05, 3.63) is 52.9 Å². The lowest BCUT2D eigenvalue weighted by Gasteiger charge is -2.05. The standard InChI is InChI=1S/C13H11BrN2O2/c14-11-8-9(15)3-5-12(11)16-13(17)6-4-10-2-1-7-18-10/h1-8H,15H2,(H,16,17)/b6-4+. The topological polar surface area (TPSA) is 68.3 Å². The summed E-state index contributed by atoms with van der Waals surface area (Å²) in [6, 6.07) is 8.71. The summed E-state index contributed by atoms with van der Waals surface area (Å²) in [7, 11) is 0. The zero-order valence-electron chi connectivity index (χ0n) is 9.39. The summed E-state index contributed by atoms with van der Waals surface area (Å²) in [5.74, 6) is 0.387. The third-order valence-electron chi connectivity index (χ3n) is 2.19. The fourth-order valence-electron chi connectivity index (χ4n) is 1.35. The van der Waals surface area contributed by atoms with Crippen LogP contribution >= 0.6 is 15.9 Å². The normalized spacial score (nSPS) is 10.7. The zero-order valence-corrected chi connectivity index (χ0v) is 11.0. The van der Waals surface area contributed by atoms with Gasteiger partial charge in [-0.3, -0.25) is 4.79 Å². The van der Waals surface area contributed by atoms with Crippen molar-refractivity contribution in [1.82, 2.24) is 0 Å². The van der Waals surface area contributed by atoms with E-state index in [1.807, 2.05) is 0 Å². The van der Waals surface area contributed by atoms with Crippen molar-refractivity contribution in [2.24, 2.45) is 0 Å². The van der Waals surface area contributed by atoms with Crippen LogP contribution in [0.4, 0.5) is 11.4 Å². The smallest absolute Gasteiger partial charge is 0.248 e. The predicted molar refractivity (Wildman–Crippen MR) is 74.9 cm³/mol. The maximum absolute atomic E-state index is 11.7. The Morgan fingerprint density at radius 1 is 1.39 bits per heavy atom. The molecular weight excluding hydrogens is 296 g/mol. The number of anilines is 2. The number of furan rings is 1. The highest BCUT2D eigenvalue weighted by atomic mass is 79.9.